The van der Waals surface area contributed by atoms with Gasteiger partial charge in [-0.3, -0.25) is 9.59 Å². The summed E-state index contributed by atoms with van der Waals surface area (Å²) in [5.74, 6) is -0.233. The van der Waals surface area contributed by atoms with Crippen LogP contribution in [0.2, 0.25) is 5.02 Å². The normalized spacial score (nSPS) is 25.5. The summed E-state index contributed by atoms with van der Waals surface area (Å²) in [5.41, 5.74) is 1.27. The SMILES string of the molecule is CC(/C=C/[C@@]1(C)[C@H](C)C=CC(=O)[C@@H]1C)=C\Cc1c(O)c(Cl)c(C)c(C=O)c1O. The van der Waals surface area contributed by atoms with Crippen molar-refractivity contribution in [3.05, 3.63) is 57.7 Å². The number of phenolic OH excluding ortho intramolecular Hbond substituents is 2. The maximum Gasteiger partial charge on any atom is 0.159 e. The van der Waals surface area contributed by atoms with E-state index in [2.05, 4.69) is 13.8 Å². The van der Waals surface area contributed by atoms with Crippen LogP contribution in [0.4, 0.5) is 0 Å². The molecule has 1 aliphatic rings. The molecule has 150 valence electrons. The number of allylic oxidation sites excluding steroid dienone is 6. The molecule has 1 aromatic carbocycles. The van der Waals surface area contributed by atoms with Gasteiger partial charge in [-0.25, -0.2) is 0 Å². The maximum atomic E-state index is 12.1. The number of ketones is 1. The lowest BCUT2D eigenvalue weighted by Gasteiger charge is -2.38. The number of aldehydes is 1. The lowest BCUT2D eigenvalue weighted by atomic mass is 9.64. The Balaban J connectivity index is 2.30. The number of aromatic hydroxyl groups is 2. The summed E-state index contributed by atoms with van der Waals surface area (Å²) in [7, 11) is 0. The van der Waals surface area contributed by atoms with Crippen LogP contribution in [0.25, 0.3) is 0 Å². The van der Waals surface area contributed by atoms with E-state index in [1.807, 2.05) is 38.2 Å². The van der Waals surface area contributed by atoms with Crippen molar-refractivity contribution < 1.29 is 19.8 Å². The minimum Gasteiger partial charge on any atom is -0.507 e. The van der Waals surface area contributed by atoms with Gasteiger partial charge in [-0.1, -0.05) is 62.2 Å². The van der Waals surface area contributed by atoms with Crippen LogP contribution in [0.15, 0.2) is 36.0 Å². The number of benzene rings is 1. The van der Waals surface area contributed by atoms with Crippen LogP contribution in [0.5, 0.6) is 11.5 Å². The summed E-state index contributed by atoms with van der Waals surface area (Å²) in [6.07, 6.45) is 10.2. The van der Waals surface area contributed by atoms with Gasteiger partial charge in [-0.15, -0.1) is 0 Å². The summed E-state index contributed by atoms with van der Waals surface area (Å²) < 4.78 is 0. The van der Waals surface area contributed by atoms with Gasteiger partial charge in [0.2, 0.25) is 0 Å². The van der Waals surface area contributed by atoms with E-state index in [0.717, 1.165) is 5.57 Å². The molecule has 0 fully saturated rings. The number of carbonyl (C=O) groups excluding carboxylic acids is 2. The van der Waals surface area contributed by atoms with Crippen molar-refractivity contribution in [3.8, 4) is 11.5 Å². The Bertz CT molecular complexity index is 895. The first-order valence-electron chi connectivity index (χ1n) is 9.30. The zero-order valence-electron chi connectivity index (χ0n) is 16.9. The second-order valence-corrected chi connectivity index (χ2v) is 8.15. The van der Waals surface area contributed by atoms with Crippen LogP contribution in [-0.2, 0) is 11.2 Å². The molecular formula is C23H27ClO4. The van der Waals surface area contributed by atoms with Crippen molar-refractivity contribution in [1.29, 1.82) is 0 Å². The third-order valence-electron chi connectivity index (χ3n) is 6.11. The molecule has 0 saturated heterocycles. The van der Waals surface area contributed by atoms with Gasteiger partial charge in [0.1, 0.15) is 11.5 Å². The zero-order valence-corrected chi connectivity index (χ0v) is 17.7. The molecule has 1 aromatic rings. The quantitative estimate of drug-likeness (QED) is 0.515. The topological polar surface area (TPSA) is 74.6 Å². The Kier molecular flexibility index (Phi) is 6.56. The zero-order chi connectivity index (χ0) is 21.2. The molecule has 0 bridgehead atoms. The average Bonchev–Trinajstić information content (AvgIpc) is 2.66. The van der Waals surface area contributed by atoms with Crippen LogP contribution in [0.3, 0.4) is 0 Å². The molecule has 28 heavy (non-hydrogen) atoms. The first-order chi connectivity index (χ1) is 13.0. The molecule has 0 saturated carbocycles. The predicted molar refractivity (Wildman–Crippen MR) is 112 cm³/mol. The Labute approximate surface area is 171 Å². The van der Waals surface area contributed by atoms with Crippen LogP contribution in [0.1, 0.15) is 49.2 Å². The highest BCUT2D eigenvalue weighted by Gasteiger charge is 2.39. The molecule has 4 nitrogen and oxygen atoms in total. The number of hydrogen-bond acceptors (Lipinski definition) is 4. The van der Waals surface area contributed by atoms with Crippen LogP contribution < -0.4 is 0 Å². The van der Waals surface area contributed by atoms with Gasteiger partial charge in [0.15, 0.2) is 12.1 Å². The van der Waals surface area contributed by atoms with Crippen molar-refractivity contribution >= 4 is 23.7 Å². The largest absolute Gasteiger partial charge is 0.507 e. The minimum absolute atomic E-state index is 0.0687. The third kappa shape index (κ3) is 3.93. The van der Waals surface area contributed by atoms with Crippen molar-refractivity contribution in [1.82, 2.24) is 0 Å². The number of carbonyl (C=O) groups is 2. The first-order valence-corrected chi connectivity index (χ1v) is 9.68. The molecule has 5 heteroatoms. The Morgan fingerprint density at radius 3 is 2.54 bits per heavy atom. The van der Waals surface area contributed by atoms with Gasteiger partial charge in [-0.2, -0.15) is 0 Å². The second-order valence-electron chi connectivity index (χ2n) is 7.77. The molecule has 2 N–H and O–H groups in total. The van der Waals surface area contributed by atoms with E-state index in [1.54, 1.807) is 13.0 Å². The van der Waals surface area contributed by atoms with Crippen molar-refractivity contribution in [2.45, 2.75) is 41.0 Å². The van der Waals surface area contributed by atoms with E-state index in [1.165, 1.54) is 0 Å². The Hall–Kier alpha value is -2.33. The molecule has 0 spiro atoms. The standard InChI is InChI=1S/C23H27ClO4/c1-13(10-11-23(5)14(2)7-9-19(26)16(23)4)6-8-17-21(27)18(12-25)15(3)20(24)22(17)28/h6-7,9-12,14,16,27-28H,8H2,1-5H3/b11-10+,13-6+/t14-,16+,23+/m1/s1. The molecule has 3 atom stereocenters. The minimum atomic E-state index is -0.289. The van der Waals surface area contributed by atoms with E-state index >= 15 is 0 Å². The smallest absolute Gasteiger partial charge is 0.159 e. The van der Waals surface area contributed by atoms with Crippen molar-refractivity contribution in [2.75, 3.05) is 0 Å². The summed E-state index contributed by atoms with van der Waals surface area (Å²) >= 11 is 6.09. The first kappa shape index (κ1) is 22.0. The van der Waals surface area contributed by atoms with Gasteiger partial charge < -0.3 is 10.2 Å². The Morgan fingerprint density at radius 2 is 1.93 bits per heavy atom. The molecule has 0 heterocycles. The monoisotopic (exact) mass is 402 g/mol. The van der Waals surface area contributed by atoms with Gasteiger partial charge in [-0.05, 0) is 37.8 Å². The molecule has 2 rings (SSSR count). The molecule has 0 radical (unpaired) electrons. The van der Waals surface area contributed by atoms with Gasteiger partial charge in [0.05, 0.1) is 10.6 Å². The van der Waals surface area contributed by atoms with E-state index in [4.69, 9.17) is 11.6 Å². The Morgan fingerprint density at radius 1 is 1.29 bits per heavy atom. The summed E-state index contributed by atoms with van der Waals surface area (Å²) in [6.45, 7) is 9.58. The second kappa shape index (κ2) is 8.36. The highest BCUT2D eigenvalue weighted by atomic mass is 35.5. The third-order valence-corrected chi connectivity index (χ3v) is 6.57. The highest BCUT2D eigenvalue weighted by Crippen LogP contribution is 2.42. The number of rotatable bonds is 5. The lowest BCUT2D eigenvalue weighted by molar-refractivity contribution is -0.121. The summed E-state index contributed by atoms with van der Waals surface area (Å²) in [5, 5.41) is 20.7. The molecule has 0 amide bonds. The van der Waals surface area contributed by atoms with Crippen LogP contribution in [-0.4, -0.2) is 22.3 Å². The fourth-order valence-electron chi connectivity index (χ4n) is 3.45. The van der Waals surface area contributed by atoms with Gasteiger partial charge >= 0.3 is 0 Å². The summed E-state index contributed by atoms with van der Waals surface area (Å²) in [6, 6.07) is 0. The van der Waals surface area contributed by atoms with Crippen LogP contribution in [0, 0.1) is 24.2 Å². The number of halogens is 1. The van der Waals surface area contributed by atoms with E-state index in [0.29, 0.717) is 11.8 Å². The predicted octanol–water partition coefficient (Wildman–Crippen LogP) is 5.33. The van der Waals surface area contributed by atoms with E-state index in [-0.39, 0.29) is 57.1 Å². The molecule has 0 unspecified atom stereocenters. The molecule has 0 aliphatic heterocycles. The van der Waals surface area contributed by atoms with Crippen molar-refractivity contribution in [2.24, 2.45) is 17.3 Å². The highest BCUT2D eigenvalue weighted by molar-refractivity contribution is 6.33. The fourth-order valence-corrected chi connectivity index (χ4v) is 3.66. The van der Waals surface area contributed by atoms with E-state index in [9.17, 15) is 19.8 Å². The number of phenols is 2. The maximum absolute atomic E-state index is 12.1. The average molecular weight is 403 g/mol. The van der Waals surface area contributed by atoms with E-state index < -0.39 is 0 Å². The fraction of sp³-hybridized carbons (Fsp3) is 0.391. The van der Waals surface area contributed by atoms with Gasteiger partial charge in [0.25, 0.3) is 0 Å². The van der Waals surface area contributed by atoms with Crippen LogP contribution >= 0.6 is 11.6 Å². The molecular weight excluding hydrogens is 376 g/mol. The lowest BCUT2D eigenvalue weighted by Crippen LogP contribution is -2.37. The van der Waals surface area contributed by atoms with Gasteiger partial charge in [0, 0.05) is 16.9 Å². The number of hydrogen-bond donors (Lipinski definition) is 2. The molecule has 0 aromatic heterocycles. The molecule has 1 aliphatic carbocycles. The van der Waals surface area contributed by atoms with Crippen molar-refractivity contribution in [3.63, 3.8) is 0 Å². The summed E-state index contributed by atoms with van der Waals surface area (Å²) in [4.78, 5) is 23.3.